The second kappa shape index (κ2) is 25.8. The summed E-state index contributed by atoms with van der Waals surface area (Å²) < 4.78 is 23.7. The number of ether oxygens (including phenoxy) is 1. The van der Waals surface area contributed by atoms with Crippen molar-refractivity contribution in [1.82, 2.24) is 50.1 Å². The summed E-state index contributed by atoms with van der Waals surface area (Å²) in [6.07, 6.45) is 2.20. The number of benzene rings is 4. The highest BCUT2D eigenvalue weighted by Gasteiger charge is 2.45. The molecule has 0 saturated carbocycles. The van der Waals surface area contributed by atoms with E-state index in [0.29, 0.717) is 68.5 Å². The lowest BCUT2D eigenvalue weighted by Crippen LogP contribution is -2.59. The number of aliphatic hydroxyl groups is 1. The zero-order valence-corrected chi connectivity index (χ0v) is 50.4. The summed E-state index contributed by atoms with van der Waals surface area (Å²) in [4.78, 5) is 81.6. The van der Waals surface area contributed by atoms with Crippen molar-refractivity contribution in [2.45, 2.75) is 91.1 Å². The second-order valence-corrected chi connectivity index (χ2v) is 25.4. The monoisotopic (exact) mass is 1190 g/mol. The number of likely N-dealkylation sites (tertiary alicyclic amines) is 2. The Labute approximate surface area is 499 Å². The number of nitrogens with zero attached hydrogens (tertiary/aromatic N) is 9. The van der Waals surface area contributed by atoms with Crippen LogP contribution < -0.4 is 20.3 Å². The number of aromatic nitrogens is 3. The lowest BCUT2D eigenvalue weighted by molar-refractivity contribution is -0.144. The van der Waals surface area contributed by atoms with E-state index in [4.69, 9.17) is 26.3 Å². The number of thiazole rings is 1. The number of amides is 4. The minimum Gasteiger partial charge on any atom is -0.508 e. The van der Waals surface area contributed by atoms with Crippen molar-refractivity contribution in [3.63, 3.8) is 0 Å². The number of piperazine rings is 2. The molecule has 84 heavy (non-hydrogen) atoms. The van der Waals surface area contributed by atoms with Crippen LogP contribution in [0.15, 0.2) is 84.9 Å². The van der Waals surface area contributed by atoms with Gasteiger partial charge in [-0.05, 0) is 110 Å². The number of rotatable bonds is 17. The number of phenols is 1. The molecule has 18 nitrogen and oxygen atoms in total. The summed E-state index contributed by atoms with van der Waals surface area (Å²) in [6.45, 7) is 23.4. The third-order valence-electron chi connectivity index (χ3n) is 17.0. The number of aryl methyl sites for hydroxylation is 1. The molecule has 0 radical (unpaired) electrons. The number of nitrogens with one attached hydrogen (secondary N) is 2. The summed E-state index contributed by atoms with van der Waals surface area (Å²) >= 11 is 8.54. The molecule has 10 rings (SSSR count). The van der Waals surface area contributed by atoms with Crippen LogP contribution in [0.5, 0.6) is 11.8 Å². The zero-order valence-electron chi connectivity index (χ0n) is 48.8. The number of carbonyl (C=O) groups is 4. The number of carbonyl (C=O) groups excluding carboxylic acids is 4. The molecule has 4 aliphatic rings. The number of β-amino-alcohol motifs (C(OH)–C–C–N with tert-alkyl or cyclic N) is 1. The van der Waals surface area contributed by atoms with Crippen molar-refractivity contribution in [1.29, 1.82) is 0 Å². The lowest BCUT2D eigenvalue weighted by atomic mass is 9.85. The lowest BCUT2D eigenvalue weighted by Gasteiger charge is -2.39. The van der Waals surface area contributed by atoms with E-state index in [1.165, 1.54) is 17.0 Å². The SMILES string of the molecule is C=CC(=O)N1CCN(c2nc(OC(C)CN3CCC(CN4CCN(CC(=O)NC(C(=O)N5C[C@H](O)C[C@H]5C(=O)NC(C)c5ccc(-c6scnc6C)cc5)C(C)(C)C)CC4)CC3)nc3c(F)c(-c4cc(O)cc5ccccc45)c(Cl)cc23)CC1. The van der Waals surface area contributed by atoms with Crippen molar-refractivity contribution in [2.75, 3.05) is 96.5 Å². The smallest absolute Gasteiger partial charge is 0.319 e. The average molecular weight is 1190 g/mol. The molecular formula is C63H77ClFN11O7S. The summed E-state index contributed by atoms with van der Waals surface area (Å²) in [7, 11) is 0. The van der Waals surface area contributed by atoms with E-state index in [1.54, 1.807) is 28.4 Å². The van der Waals surface area contributed by atoms with Crippen molar-refractivity contribution in [2.24, 2.45) is 11.3 Å². The van der Waals surface area contributed by atoms with Gasteiger partial charge in [0.15, 0.2) is 5.82 Å². The van der Waals surface area contributed by atoms with Crippen LogP contribution in [0.1, 0.15) is 71.2 Å². The number of aliphatic hydroxyl groups excluding tert-OH is 1. The Morgan fingerprint density at radius 2 is 1.60 bits per heavy atom. The van der Waals surface area contributed by atoms with Crippen molar-refractivity contribution in [3.05, 3.63) is 107 Å². The van der Waals surface area contributed by atoms with Gasteiger partial charge in [-0.2, -0.15) is 9.97 Å². The number of piperidine rings is 1. The fourth-order valence-electron chi connectivity index (χ4n) is 12.3. The van der Waals surface area contributed by atoms with Gasteiger partial charge in [0.1, 0.15) is 35.3 Å². The zero-order chi connectivity index (χ0) is 59.6. The Balaban J connectivity index is 0.708. The predicted molar refractivity (Wildman–Crippen MR) is 327 cm³/mol. The highest BCUT2D eigenvalue weighted by Crippen LogP contribution is 2.43. The molecule has 2 aromatic heterocycles. The highest BCUT2D eigenvalue weighted by molar-refractivity contribution is 7.13. The number of aromatic hydroxyl groups is 1. The van der Waals surface area contributed by atoms with Gasteiger partial charge in [-0.15, -0.1) is 11.3 Å². The molecule has 3 unspecified atom stereocenters. The largest absolute Gasteiger partial charge is 0.508 e. The Morgan fingerprint density at radius 1 is 0.893 bits per heavy atom. The third kappa shape index (κ3) is 13.6. The summed E-state index contributed by atoms with van der Waals surface area (Å²) in [6, 6.07) is 18.1. The van der Waals surface area contributed by atoms with Crippen molar-refractivity contribution >= 4 is 74.1 Å². The van der Waals surface area contributed by atoms with Crippen LogP contribution in [0.3, 0.4) is 0 Å². The van der Waals surface area contributed by atoms with Crippen LogP contribution in [0.25, 0.3) is 43.2 Å². The minimum absolute atomic E-state index is 0.000306. The summed E-state index contributed by atoms with van der Waals surface area (Å²) in [5, 5.41) is 29.6. The van der Waals surface area contributed by atoms with E-state index in [-0.39, 0.29) is 83.1 Å². The maximum atomic E-state index is 17.2. The number of phenolic OH excluding ortho intramolecular Hbond substituents is 1. The van der Waals surface area contributed by atoms with E-state index < -0.39 is 29.4 Å². The van der Waals surface area contributed by atoms with Crippen LogP contribution in [-0.4, -0.2) is 189 Å². The molecule has 6 aromatic rings. The van der Waals surface area contributed by atoms with Gasteiger partial charge in [0, 0.05) is 89.4 Å². The van der Waals surface area contributed by atoms with Gasteiger partial charge < -0.3 is 45.2 Å². The fraction of sp³-hybridized carbons (Fsp3) is 0.476. The Bertz CT molecular complexity index is 3390. The van der Waals surface area contributed by atoms with Gasteiger partial charge in [0.05, 0.1) is 39.8 Å². The molecule has 4 N–H and O–H groups in total. The first kappa shape index (κ1) is 60.3. The number of hydrogen-bond acceptors (Lipinski definition) is 15. The van der Waals surface area contributed by atoms with Crippen LogP contribution in [0.2, 0.25) is 5.02 Å². The maximum Gasteiger partial charge on any atom is 0.319 e. The molecule has 4 amide bonds. The number of hydrogen-bond donors (Lipinski definition) is 4. The van der Waals surface area contributed by atoms with Gasteiger partial charge in [-0.1, -0.05) is 87.5 Å². The van der Waals surface area contributed by atoms with Crippen molar-refractivity contribution < 1.29 is 38.5 Å². The van der Waals surface area contributed by atoms with E-state index in [1.807, 2.05) is 100 Å². The number of halogens is 2. The first-order valence-electron chi connectivity index (χ1n) is 29.2. The molecule has 6 heterocycles. The predicted octanol–water partition coefficient (Wildman–Crippen LogP) is 7.68. The fourth-order valence-corrected chi connectivity index (χ4v) is 13.4. The Hall–Kier alpha value is -6.81. The van der Waals surface area contributed by atoms with Crippen LogP contribution in [0, 0.1) is 24.1 Å². The Kier molecular flexibility index (Phi) is 18.5. The molecule has 4 fully saturated rings. The highest BCUT2D eigenvalue weighted by atomic mass is 35.5. The van der Waals surface area contributed by atoms with Crippen LogP contribution >= 0.6 is 22.9 Å². The van der Waals surface area contributed by atoms with Crippen LogP contribution in [0.4, 0.5) is 10.2 Å². The molecule has 0 spiro atoms. The Morgan fingerprint density at radius 3 is 2.27 bits per heavy atom. The van der Waals surface area contributed by atoms with E-state index >= 15 is 4.39 Å². The molecule has 5 atom stereocenters. The quantitative estimate of drug-likeness (QED) is 0.0649. The molecule has 4 saturated heterocycles. The maximum absolute atomic E-state index is 17.2. The van der Waals surface area contributed by atoms with Gasteiger partial charge in [-0.3, -0.25) is 29.0 Å². The van der Waals surface area contributed by atoms with Crippen molar-refractivity contribution in [3.8, 4) is 33.3 Å². The molecule has 0 bridgehead atoms. The average Bonchev–Trinajstić information content (AvgIpc) is 4.23. The summed E-state index contributed by atoms with van der Waals surface area (Å²) in [5.74, 6) is -0.891. The van der Waals surface area contributed by atoms with E-state index in [0.717, 1.165) is 78.0 Å². The van der Waals surface area contributed by atoms with Gasteiger partial charge >= 0.3 is 6.01 Å². The summed E-state index contributed by atoms with van der Waals surface area (Å²) in [5.41, 5.74) is 4.65. The van der Waals surface area contributed by atoms with E-state index in [2.05, 4.69) is 36.9 Å². The third-order valence-corrected chi connectivity index (χ3v) is 18.2. The van der Waals surface area contributed by atoms with E-state index in [9.17, 15) is 29.4 Å². The molecule has 0 aliphatic carbocycles. The topological polar surface area (TPSA) is 200 Å². The molecule has 4 aromatic carbocycles. The molecular weight excluding hydrogens is 1110 g/mol. The second-order valence-electron chi connectivity index (χ2n) is 24.1. The van der Waals surface area contributed by atoms with Gasteiger partial charge in [-0.25, -0.2) is 9.37 Å². The number of fused-ring (bicyclic) bond motifs is 2. The molecule has 446 valence electrons. The molecule has 21 heteroatoms. The normalized spacial score (nSPS) is 19.8. The van der Waals surface area contributed by atoms with Gasteiger partial charge in [0.2, 0.25) is 23.6 Å². The number of anilines is 1. The molecule has 4 aliphatic heterocycles. The first-order chi connectivity index (χ1) is 40.2. The first-order valence-corrected chi connectivity index (χ1v) is 30.5. The standard InChI is InChI=1S/C63H77ClFN11O7S/c1-8-53(80)74-25-27-75(28-26-74)59-49-32-50(64)54(48-30-45(77)29-44-11-9-10-12-47(44)48)55(65)56(49)69-62(70-59)83-38(2)33-71-19-17-41(18-20-71)34-72-21-23-73(24-22-72)36-52(79)68-58(63(5,6)7)61(82)76-35-46(78)31-51(76)60(81)67-39(3)42-13-15-43(16-14-42)57-40(4)66-37-84-57/h8-16,29-30,32,37-39,41,46,51,58,77-78H,1,17-28,31,33-36H2,2-7H3,(H,67,81)(H,68,79)/t38?,39?,46-,51+,58?/m1/s1. The van der Waals surface area contributed by atoms with Gasteiger partial charge in [0.25, 0.3) is 0 Å². The van der Waals surface area contributed by atoms with Crippen LogP contribution in [-0.2, 0) is 19.2 Å². The minimum atomic E-state index is -0.917.